The van der Waals surface area contributed by atoms with Gasteiger partial charge in [-0.2, -0.15) is 5.10 Å². The molecule has 0 radical (unpaired) electrons. The van der Waals surface area contributed by atoms with Crippen molar-refractivity contribution in [2.75, 3.05) is 13.1 Å². The minimum atomic E-state index is 0.880. The first kappa shape index (κ1) is 15.8. The van der Waals surface area contributed by atoms with Crippen LogP contribution < -0.4 is 5.32 Å². The number of allylic oxidation sites excluding steroid dienone is 2. The van der Waals surface area contributed by atoms with E-state index in [2.05, 4.69) is 52.3 Å². The Morgan fingerprint density at radius 2 is 2.08 bits per heavy atom. The summed E-state index contributed by atoms with van der Waals surface area (Å²) in [6, 6.07) is 4.57. The van der Waals surface area contributed by atoms with Crippen molar-refractivity contribution in [2.24, 2.45) is 0 Å². The molecule has 1 N–H and O–H groups in total. The van der Waals surface area contributed by atoms with Crippen LogP contribution in [0.1, 0.15) is 41.6 Å². The number of nitrogens with one attached hydrogen (secondary N) is 1. The van der Waals surface area contributed by atoms with E-state index in [4.69, 9.17) is 10.1 Å². The number of nitrogens with zero attached hydrogens (tertiary/aromatic N) is 4. The van der Waals surface area contributed by atoms with Crippen LogP contribution in [0.3, 0.4) is 0 Å². The van der Waals surface area contributed by atoms with Gasteiger partial charge in [0.05, 0.1) is 23.6 Å². The van der Waals surface area contributed by atoms with Crippen LogP contribution in [-0.4, -0.2) is 32.8 Å². The van der Waals surface area contributed by atoms with Crippen LogP contribution in [0.15, 0.2) is 36.1 Å². The summed E-state index contributed by atoms with van der Waals surface area (Å²) in [6.45, 7) is 6.86. The minimum Gasteiger partial charge on any atom is -0.380 e. The molecule has 0 atom stereocenters. The van der Waals surface area contributed by atoms with Gasteiger partial charge in [-0.3, -0.25) is 14.6 Å². The smallest absolute Gasteiger partial charge is 0.109 e. The van der Waals surface area contributed by atoms with Crippen LogP contribution in [0, 0.1) is 0 Å². The van der Waals surface area contributed by atoms with Crippen LogP contribution in [0.25, 0.3) is 5.70 Å². The lowest BCUT2D eigenvalue weighted by atomic mass is 10.1. The summed E-state index contributed by atoms with van der Waals surface area (Å²) in [5.41, 5.74) is 8.96. The SMILES string of the molecule is CC1=C(c2cc3n(n2)CCN(Cc2cc4c(cn2)CCC4)C3)NCC=C1. The lowest BCUT2D eigenvalue weighted by Crippen LogP contribution is -2.33. The Bertz CT molecular complexity index is 905. The van der Waals surface area contributed by atoms with E-state index >= 15 is 0 Å². The van der Waals surface area contributed by atoms with E-state index in [1.165, 1.54) is 53.0 Å². The predicted octanol–water partition coefficient (Wildman–Crippen LogP) is 2.67. The quantitative estimate of drug-likeness (QED) is 0.927. The topological polar surface area (TPSA) is 46.0 Å². The monoisotopic (exact) mass is 347 g/mol. The molecule has 0 spiro atoms. The average Bonchev–Trinajstić information content (AvgIpc) is 3.27. The maximum atomic E-state index is 4.83. The molecule has 2 aliphatic heterocycles. The molecule has 2 aromatic rings. The van der Waals surface area contributed by atoms with Crippen molar-refractivity contribution in [1.82, 2.24) is 25.0 Å². The highest BCUT2D eigenvalue weighted by molar-refractivity contribution is 5.68. The third kappa shape index (κ3) is 2.86. The zero-order chi connectivity index (χ0) is 17.5. The summed E-state index contributed by atoms with van der Waals surface area (Å²) < 4.78 is 2.17. The number of aryl methyl sites for hydroxylation is 2. The molecule has 0 fully saturated rings. The molecule has 0 saturated carbocycles. The molecule has 2 aromatic heterocycles. The number of fused-ring (bicyclic) bond motifs is 2. The van der Waals surface area contributed by atoms with E-state index in [0.717, 1.165) is 38.4 Å². The standard InChI is InChI=1S/C21H25N5/c1-15-4-3-7-22-21(15)20-11-19-14-25(8-9-26(19)24-20)13-18-10-16-5-2-6-17(16)12-23-18/h3-4,10-12,22H,2,5-9,13-14H2,1H3. The van der Waals surface area contributed by atoms with Crippen molar-refractivity contribution in [3.05, 3.63) is 64.3 Å². The highest BCUT2D eigenvalue weighted by Gasteiger charge is 2.21. The summed E-state index contributed by atoms with van der Waals surface area (Å²) in [5.74, 6) is 0. The van der Waals surface area contributed by atoms with E-state index in [1.807, 2.05) is 0 Å². The third-order valence-electron chi connectivity index (χ3n) is 5.71. The van der Waals surface area contributed by atoms with Gasteiger partial charge in [-0.15, -0.1) is 0 Å². The zero-order valence-electron chi connectivity index (χ0n) is 15.3. The van der Waals surface area contributed by atoms with Crippen molar-refractivity contribution in [1.29, 1.82) is 0 Å². The molecule has 134 valence electrons. The van der Waals surface area contributed by atoms with Crippen molar-refractivity contribution in [3.8, 4) is 0 Å². The average molecular weight is 347 g/mol. The van der Waals surface area contributed by atoms with Crippen molar-refractivity contribution >= 4 is 5.70 Å². The maximum Gasteiger partial charge on any atom is 0.109 e. The summed E-state index contributed by atoms with van der Waals surface area (Å²) in [7, 11) is 0. The van der Waals surface area contributed by atoms with Gasteiger partial charge >= 0.3 is 0 Å². The van der Waals surface area contributed by atoms with Gasteiger partial charge in [-0.05, 0) is 55.0 Å². The van der Waals surface area contributed by atoms with Crippen LogP contribution in [0.2, 0.25) is 0 Å². The van der Waals surface area contributed by atoms with Gasteiger partial charge in [-0.25, -0.2) is 0 Å². The number of dihydropyridines is 1. The molecule has 0 aromatic carbocycles. The van der Waals surface area contributed by atoms with E-state index in [1.54, 1.807) is 0 Å². The van der Waals surface area contributed by atoms with Crippen LogP contribution in [-0.2, 0) is 32.5 Å². The van der Waals surface area contributed by atoms with E-state index in [0.29, 0.717) is 0 Å². The van der Waals surface area contributed by atoms with Crippen LogP contribution in [0.5, 0.6) is 0 Å². The van der Waals surface area contributed by atoms with Gasteiger partial charge in [0.2, 0.25) is 0 Å². The lowest BCUT2D eigenvalue weighted by Gasteiger charge is -2.27. The molecule has 5 heteroatoms. The lowest BCUT2D eigenvalue weighted by molar-refractivity contribution is 0.203. The van der Waals surface area contributed by atoms with Gasteiger partial charge < -0.3 is 5.32 Å². The highest BCUT2D eigenvalue weighted by Crippen LogP contribution is 2.24. The van der Waals surface area contributed by atoms with Gasteiger partial charge in [-0.1, -0.05) is 12.2 Å². The summed E-state index contributed by atoms with van der Waals surface area (Å²) in [4.78, 5) is 7.19. The van der Waals surface area contributed by atoms with Crippen LogP contribution >= 0.6 is 0 Å². The number of aromatic nitrogens is 3. The normalized spacial score (nSPS) is 19.4. The second-order valence-electron chi connectivity index (χ2n) is 7.59. The van der Waals surface area contributed by atoms with Gasteiger partial charge in [0.1, 0.15) is 5.69 Å². The Morgan fingerprint density at radius 3 is 3.00 bits per heavy atom. The molecular formula is C21H25N5. The van der Waals surface area contributed by atoms with E-state index < -0.39 is 0 Å². The Kier molecular flexibility index (Phi) is 3.89. The summed E-state index contributed by atoms with van der Waals surface area (Å²) in [5, 5.41) is 8.30. The van der Waals surface area contributed by atoms with Crippen LogP contribution in [0.4, 0.5) is 0 Å². The molecule has 0 unspecified atom stereocenters. The fourth-order valence-electron chi connectivity index (χ4n) is 4.31. The van der Waals surface area contributed by atoms with Crippen molar-refractivity contribution in [2.45, 2.75) is 45.8 Å². The molecule has 5 nitrogen and oxygen atoms in total. The number of hydrogen-bond acceptors (Lipinski definition) is 4. The number of hydrogen-bond donors (Lipinski definition) is 1. The first-order valence-corrected chi connectivity index (χ1v) is 9.64. The van der Waals surface area contributed by atoms with Gasteiger partial charge in [0.15, 0.2) is 0 Å². The third-order valence-corrected chi connectivity index (χ3v) is 5.71. The minimum absolute atomic E-state index is 0.880. The largest absolute Gasteiger partial charge is 0.380 e. The first-order chi connectivity index (χ1) is 12.8. The summed E-state index contributed by atoms with van der Waals surface area (Å²) >= 11 is 0. The molecule has 0 amide bonds. The molecule has 1 aliphatic carbocycles. The number of pyridine rings is 1. The van der Waals surface area contributed by atoms with Crippen molar-refractivity contribution < 1.29 is 0 Å². The maximum absolute atomic E-state index is 4.83. The Morgan fingerprint density at radius 1 is 1.15 bits per heavy atom. The first-order valence-electron chi connectivity index (χ1n) is 9.64. The molecule has 4 heterocycles. The molecule has 3 aliphatic rings. The molecular weight excluding hydrogens is 322 g/mol. The fourth-order valence-corrected chi connectivity index (χ4v) is 4.31. The number of rotatable bonds is 3. The second-order valence-corrected chi connectivity index (χ2v) is 7.59. The zero-order valence-corrected chi connectivity index (χ0v) is 15.3. The molecule has 0 saturated heterocycles. The van der Waals surface area contributed by atoms with Crippen molar-refractivity contribution in [3.63, 3.8) is 0 Å². The molecule has 0 bridgehead atoms. The van der Waals surface area contributed by atoms with E-state index in [-0.39, 0.29) is 0 Å². The van der Waals surface area contributed by atoms with Gasteiger partial charge in [0, 0.05) is 32.4 Å². The molecule has 26 heavy (non-hydrogen) atoms. The molecule has 5 rings (SSSR count). The Balaban J connectivity index is 1.33. The Labute approximate surface area is 154 Å². The Hall–Kier alpha value is -2.40. The van der Waals surface area contributed by atoms with Gasteiger partial charge in [0.25, 0.3) is 0 Å². The second kappa shape index (κ2) is 6.40. The highest BCUT2D eigenvalue weighted by atomic mass is 15.3. The fraction of sp³-hybridized carbons (Fsp3) is 0.429. The summed E-state index contributed by atoms with van der Waals surface area (Å²) in [6.07, 6.45) is 10.1. The van der Waals surface area contributed by atoms with E-state index in [9.17, 15) is 0 Å². The predicted molar refractivity (Wildman–Crippen MR) is 102 cm³/mol.